The molecule has 31 nitrogen and oxygen atoms in total. The fourth-order valence-electron chi connectivity index (χ4n) is 17.0. The van der Waals surface area contributed by atoms with E-state index in [0.717, 1.165) is 11.1 Å². The number of hydrogen-bond acceptors (Lipinski definition) is 31. The van der Waals surface area contributed by atoms with Crippen LogP contribution in [0.4, 0.5) is 0 Å². The van der Waals surface area contributed by atoms with Crippen LogP contribution in [-0.2, 0) is 121 Å². The third kappa shape index (κ3) is 27.3. The van der Waals surface area contributed by atoms with Crippen molar-refractivity contribution in [2.75, 3.05) is 33.5 Å². The molecule has 31 heteroatoms. The van der Waals surface area contributed by atoms with Crippen molar-refractivity contribution in [3.63, 3.8) is 0 Å². The zero-order valence-corrected chi connectivity index (χ0v) is 79.3. The van der Waals surface area contributed by atoms with E-state index < -0.39 is 203 Å². The molecule has 0 amide bonds. The van der Waals surface area contributed by atoms with Crippen LogP contribution in [0.5, 0.6) is 5.75 Å². The number of aliphatic hydroxyl groups excluding tert-OH is 1. The van der Waals surface area contributed by atoms with Gasteiger partial charge in [0.25, 0.3) is 0 Å². The number of aliphatic hydroxyl groups is 1. The van der Waals surface area contributed by atoms with Gasteiger partial charge >= 0.3 is 53.7 Å². The molecule has 0 unspecified atom stereocenters. The van der Waals surface area contributed by atoms with Crippen molar-refractivity contribution in [2.24, 2.45) is 0 Å². The second-order valence-electron chi connectivity index (χ2n) is 34.5. The van der Waals surface area contributed by atoms with Crippen LogP contribution in [-0.4, -0.2) is 215 Å². The fraction of sp³-hybridized carbons (Fsp3) is 0.250. The van der Waals surface area contributed by atoms with E-state index in [4.69, 9.17) is 99.5 Å². The number of ether oxygens (including phenoxy) is 21. The molecule has 754 valence electrons. The van der Waals surface area contributed by atoms with Gasteiger partial charge in [-0.25, -0.2) is 43.2 Å². The summed E-state index contributed by atoms with van der Waals surface area (Å²) in [5, 5.41) is 12.6. The lowest BCUT2D eigenvalue weighted by molar-refractivity contribution is -0.348. The molecule has 0 radical (unpaired) electrons. The average molecular weight is 1990 g/mol. The van der Waals surface area contributed by atoms with Gasteiger partial charge in [-0.2, -0.15) is 0 Å². The Morgan fingerprint density at radius 1 is 0.204 bits per heavy atom. The number of carbonyl (C=O) groups is 9. The predicted molar refractivity (Wildman–Crippen MR) is 523 cm³/mol. The number of rotatable bonds is 41. The van der Waals surface area contributed by atoms with Gasteiger partial charge in [-0.05, 0) is 144 Å². The fourth-order valence-corrected chi connectivity index (χ4v) is 17.0. The summed E-state index contributed by atoms with van der Waals surface area (Å²) in [5.41, 5.74) is 2.39. The highest BCUT2D eigenvalue weighted by Crippen LogP contribution is 2.40. The van der Waals surface area contributed by atoms with Gasteiger partial charge in [-0.1, -0.05) is 267 Å². The Bertz CT molecular complexity index is 6410. The highest BCUT2D eigenvalue weighted by Gasteiger charge is 2.60. The van der Waals surface area contributed by atoms with Crippen molar-refractivity contribution in [1.82, 2.24) is 0 Å². The molecule has 0 spiro atoms. The maximum absolute atomic E-state index is 15.5. The Kier molecular flexibility index (Phi) is 35.9. The summed E-state index contributed by atoms with van der Waals surface area (Å²) in [7, 11) is 1.51. The number of carbonyl (C=O) groups excluding carboxylic acids is 9. The van der Waals surface area contributed by atoms with E-state index in [1.807, 2.05) is 91.0 Å². The van der Waals surface area contributed by atoms with Gasteiger partial charge in [-0.15, -0.1) is 0 Å². The molecule has 4 aliphatic rings. The molecule has 20 atom stereocenters. The second-order valence-corrected chi connectivity index (χ2v) is 34.5. The van der Waals surface area contributed by atoms with Crippen molar-refractivity contribution in [1.29, 1.82) is 0 Å². The van der Waals surface area contributed by atoms with Crippen molar-refractivity contribution < 1.29 is 148 Å². The maximum Gasteiger partial charge on any atom is 0.338 e. The second kappa shape index (κ2) is 51.3. The molecular weight excluding hydrogens is 1890 g/mol. The van der Waals surface area contributed by atoms with Gasteiger partial charge < -0.3 is 105 Å². The number of benzene rings is 13. The first kappa shape index (κ1) is 103. The van der Waals surface area contributed by atoms with Crippen molar-refractivity contribution in [3.05, 3.63) is 461 Å². The zero-order chi connectivity index (χ0) is 102. The molecule has 13 aromatic carbocycles. The summed E-state index contributed by atoms with van der Waals surface area (Å²) in [5.74, 6) is -8.99. The highest BCUT2D eigenvalue weighted by atomic mass is 16.8. The van der Waals surface area contributed by atoms with Crippen molar-refractivity contribution >= 4 is 53.7 Å². The van der Waals surface area contributed by atoms with Gasteiger partial charge in [0.1, 0.15) is 48.5 Å². The number of hydrogen-bond donors (Lipinski definition) is 1. The van der Waals surface area contributed by atoms with E-state index in [1.165, 1.54) is 116 Å². The minimum Gasteiger partial charge on any atom is -0.497 e. The summed E-state index contributed by atoms with van der Waals surface area (Å²) >= 11 is 0. The minimum atomic E-state index is -2.23. The van der Waals surface area contributed by atoms with Crippen LogP contribution in [0.1, 0.15) is 115 Å². The third-order valence-electron chi connectivity index (χ3n) is 24.5. The summed E-state index contributed by atoms with van der Waals surface area (Å²) < 4.78 is 141. The van der Waals surface area contributed by atoms with Crippen LogP contribution in [0.2, 0.25) is 0 Å². The van der Waals surface area contributed by atoms with Crippen LogP contribution >= 0.6 is 0 Å². The third-order valence-corrected chi connectivity index (χ3v) is 24.5. The van der Waals surface area contributed by atoms with E-state index in [9.17, 15) is 9.90 Å². The van der Waals surface area contributed by atoms with E-state index in [0.29, 0.717) is 16.9 Å². The molecule has 147 heavy (non-hydrogen) atoms. The maximum atomic E-state index is 15.5. The summed E-state index contributed by atoms with van der Waals surface area (Å²) in [6.07, 6.45) is -37.0. The molecule has 13 aromatic rings. The Labute approximate surface area is 846 Å². The van der Waals surface area contributed by atoms with Gasteiger partial charge in [-0.3, -0.25) is 0 Å². The number of methoxy groups -OCH3 is 1. The van der Waals surface area contributed by atoms with Gasteiger partial charge in [0.2, 0.25) is 0 Å². The molecule has 17 rings (SSSR count). The van der Waals surface area contributed by atoms with Gasteiger partial charge in [0, 0.05) is 0 Å². The topological polar surface area (TPSA) is 368 Å². The lowest BCUT2D eigenvalue weighted by Crippen LogP contribution is -2.66. The minimum absolute atomic E-state index is 0.0118. The molecule has 0 saturated carbocycles. The van der Waals surface area contributed by atoms with Gasteiger partial charge in [0.05, 0.1) is 110 Å². The van der Waals surface area contributed by atoms with Crippen LogP contribution in [0.3, 0.4) is 0 Å². The smallest absolute Gasteiger partial charge is 0.338 e. The van der Waals surface area contributed by atoms with Crippen LogP contribution in [0.15, 0.2) is 388 Å². The molecule has 4 fully saturated rings. The number of esters is 9. The first-order chi connectivity index (χ1) is 72.0. The first-order valence-corrected chi connectivity index (χ1v) is 47.7. The highest BCUT2D eigenvalue weighted by molar-refractivity contribution is 5.94. The Morgan fingerprint density at radius 2 is 0.408 bits per heavy atom. The molecule has 4 aliphatic heterocycles. The van der Waals surface area contributed by atoms with E-state index >= 15 is 38.4 Å². The molecule has 4 heterocycles. The molecule has 0 aromatic heterocycles. The summed E-state index contributed by atoms with van der Waals surface area (Å²) in [6.45, 7) is -3.48. The van der Waals surface area contributed by atoms with Crippen LogP contribution < -0.4 is 4.74 Å². The quantitative estimate of drug-likeness (QED) is 0.0275. The molecule has 0 aliphatic carbocycles. The van der Waals surface area contributed by atoms with Gasteiger partial charge in [0.15, 0.2) is 80.1 Å². The van der Waals surface area contributed by atoms with Crippen LogP contribution in [0, 0.1) is 0 Å². The molecule has 1 N–H and O–H groups in total. The molecular formula is C116H104O31. The Balaban J connectivity index is 0.803. The average Bonchev–Trinajstić information content (AvgIpc) is 0.766. The largest absolute Gasteiger partial charge is 0.497 e. The van der Waals surface area contributed by atoms with E-state index in [1.54, 1.807) is 188 Å². The van der Waals surface area contributed by atoms with E-state index in [-0.39, 0.29) is 76.5 Å². The predicted octanol–water partition coefficient (Wildman–Crippen LogP) is 15.9. The summed E-state index contributed by atoms with van der Waals surface area (Å²) in [4.78, 5) is 138. The normalized spacial score (nSPS) is 23.6. The van der Waals surface area contributed by atoms with E-state index in [2.05, 4.69) is 0 Å². The monoisotopic (exact) mass is 1990 g/mol. The summed E-state index contributed by atoms with van der Waals surface area (Å²) in [6, 6.07) is 104. The lowest BCUT2D eigenvalue weighted by atomic mass is 9.96. The Hall–Kier alpha value is -15.6. The molecule has 4 saturated heterocycles. The van der Waals surface area contributed by atoms with Crippen LogP contribution in [0.25, 0.3) is 0 Å². The zero-order valence-electron chi connectivity index (χ0n) is 79.3. The van der Waals surface area contributed by atoms with Crippen molar-refractivity contribution in [2.45, 2.75) is 149 Å². The SMILES string of the molecule is COc1ccc(COC[C@H]2O[C@@H](OC[C@H]3O[C@@H](OC[C@H]4O[C@@H](OC[C@H]5O[C@H](O)[C@H](OCc6ccccc6)[C@@H](OCc6ccccc6)[C@@H]5OCc5ccccc5)[C@H](OC(=O)c5ccccc5)[C@@H](OC(=O)c5ccccc5)[C@@H]4OC(=O)c4ccccc4)[C@H](OC(=O)c4ccccc4)[C@@H](OC(=O)c4ccccc4)[C@@H]3OC(=O)c3ccccc3)[C@H](OC(=O)c3ccccc3)[C@@H](OC(=O)c3ccccc3)[C@@H]2OC(=O)c2ccccc2)cc1. The Morgan fingerprint density at radius 3 is 0.660 bits per heavy atom. The molecule has 0 bridgehead atoms. The standard InChI is InChI=1S/C116H104O31/c1-127-87-64-62-77(63-65-87)66-128-70-88-93(139-104(117)78-44-20-5-21-45-78)97(142-107(120)81-50-26-8-27-51-81)101(145-110(123)84-56-32-11-33-57-84)114(136-88)133-72-90-94(140-105(118)79-46-22-6-23-47-79)99(144-109(122)83-54-30-10-31-55-83)103(147-112(125)86-60-36-13-37-61-86)116(138-90)134-73-91-95(141-106(119)80-48-24-7-25-49-80)98(143-108(121)82-52-28-9-29-53-82)102(146-111(124)85-58-34-12-35-59-85)115(137-91)132-71-89-92(129-67-74-38-14-2-15-39-74)96(130-68-75-40-16-3-17-41-75)100(113(126)135-89)131-69-76-42-18-4-19-43-76/h2-65,88-103,113-116,126H,66-73H2,1H3/t88-,89-,90-,91-,92-,93-,94-,95-,96+,97+,98+,99+,100-,101-,102-,103-,113+,114-,115-,116-/m1/s1. The lowest BCUT2D eigenvalue weighted by Gasteiger charge is -2.48. The van der Waals surface area contributed by atoms with Crippen molar-refractivity contribution in [3.8, 4) is 5.75 Å². The first-order valence-electron chi connectivity index (χ1n) is 47.7.